The zero-order valence-corrected chi connectivity index (χ0v) is 13.5. The van der Waals surface area contributed by atoms with Gasteiger partial charge in [-0.25, -0.2) is 0 Å². The second kappa shape index (κ2) is 5.78. The second-order valence-electron chi connectivity index (χ2n) is 7.53. The third kappa shape index (κ3) is 3.63. The summed E-state index contributed by atoms with van der Waals surface area (Å²) in [5.74, 6) is 0.456. The molecule has 1 heterocycles. The van der Waals surface area contributed by atoms with Crippen LogP contribution in [0.2, 0.25) is 0 Å². The molecule has 2 aliphatic carbocycles. The molecule has 0 radical (unpaired) electrons. The lowest BCUT2D eigenvalue weighted by Gasteiger charge is -2.40. The van der Waals surface area contributed by atoms with Gasteiger partial charge in [-0.2, -0.15) is 11.3 Å². The predicted octanol–water partition coefficient (Wildman–Crippen LogP) is 3.90. The third-order valence-corrected chi connectivity index (χ3v) is 5.71. The summed E-state index contributed by atoms with van der Waals surface area (Å²) in [5.41, 5.74) is 1.84. The van der Waals surface area contributed by atoms with Crippen LogP contribution in [0.4, 0.5) is 0 Å². The molecule has 0 aliphatic heterocycles. The summed E-state index contributed by atoms with van der Waals surface area (Å²) in [6, 6.07) is 3.01. The summed E-state index contributed by atoms with van der Waals surface area (Å²) < 4.78 is 0. The maximum Gasteiger partial charge on any atom is 0.0581 e. The minimum atomic E-state index is -0.0910. The van der Waals surface area contributed by atoms with Gasteiger partial charge in [-0.05, 0) is 65.8 Å². The molecule has 0 bridgehead atoms. The lowest BCUT2D eigenvalue weighted by molar-refractivity contribution is 0.00158. The second-order valence-corrected chi connectivity index (χ2v) is 8.31. The zero-order chi connectivity index (χ0) is 14.2. The summed E-state index contributed by atoms with van der Waals surface area (Å²) in [6.07, 6.45) is 5.91. The minimum absolute atomic E-state index is 0.0910. The van der Waals surface area contributed by atoms with Crippen molar-refractivity contribution in [2.24, 2.45) is 11.3 Å². The van der Waals surface area contributed by atoms with Crippen LogP contribution in [0.1, 0.15) is 51.5 Å². The van der Waals surface area contributed by atoms with Gasteiger partial charge in [0.25, 0.3) is 0 Å². The van der Waals surface area contributed by atoms with Gasteiger partial charge in [-0.1, -0.05) is 13.8 Å². The molecule has 2 atom stereocenters. The normalized spacial score (nSPS) is 29.8. The van der Waals surface area contributed by atoms with Crippen molar-refractivity contribution in [3.05, 3.63) is 22.4 Å². The fraction of sp³-hybridized carbons (Fsp3) is 0.765. The van der Waals surface area contributed by atoms with Gasteiger partial charge in [0, 0.05) is 19.1 Å². The SMILES string of the molecule is CC1(C)CCC(O)C(CN(Cc2ccsc2)C2CC2)C1. The Balaban J connectivity index is 1.63. The van der Waals surface area contributed by atoms with E-state index in [2.05, 4.69) is 35.6 Å². The molecule has 20 heavy (non-hydrogen) atoms. The number of hydrogen-bond donors (Lipinski definition) is 1. The van der Waals surface area contributed by atoms with Crippen molar-refractivity contribution < 1.29 is 5.11 Å². The molecular formula is C17H27NOS. The van der Waals surface area contributed by atoms with Gasteiger partial charge in [0.15, 0.2) is 0 Å². The molecule has 0 amide bonds. The molecule has 2 saturated carbocycles. The summed E-state index contributed by atoms with van der Waals surface area (Å²) >= 11 is 1.78. The molecule has 0 saturated heterocycles. The Morgan fingerprint density at radius 3 is 2.80 bits per heavy atom. The molecule has 0 aromatic carbocycles. The molecule has 2 fully saturated rings. The molecule has 112 valence electrons. The average Bonchev–Trinajstić information content (AvgIpc) is 3.12. The van der Waals surface area contributed by atoms with E-state index in [1.54, 1.807) is 11.3 Å². The van der Waals surface area contributed by atoms with Gasteiger partial charge in [0.1, 0.15) is 0 Å². The van der Waals surface area contributed by atoms with E-state index in [1.807, 2.05) is 0 Å². The Bertz CT molecular complexity index is 424. The first-order chi connectivity index (χ1) is 9.53. The standard InChI is InChI=1S/C17H27NOS/c1-17(2)7-5-16(19)14(9-17)11-18(15-3-4-15)10-13-6-8-20-12-13/h6,8,12,14-16,19H,3-5,7,9-11H2,1-2H3. The lowest BCUT2D eigenvalue weighted by atomic mass is 9.70. The van der Waals surface area contributed by atoms with E-state index in [0.29, 0.717) is 11.3 Å². The van der Waals surface area contributed by atoms with Crippen molar-refractivity contribution in [1.29, 1.82) is 0 Å². The molecule has 0 spiro atoms. The molecular weight excluding hydrogens is 266 g/mol. The smallest absolute Gasteiger partial charge is 0.0581 e. The van der Waals surface area contributed by atoms with Crippen LogP contribution in [0, 0.1) is 11.3 Å². The van der Waals surface area contributed by atoms with Crippen LogP contribution in [0.15, 0.2) is 16.8 Å². The topological polar surface area (TPSA) is 23.5 Å². The molecule has 1 aromatic rings. The highest BCUT2D eigenvalue weighted by atomic mass is 32.1. The van der Waals surface area contributed by atoms with Gasteiger partial charge < -0.3 is 5.11 Å². The summed E-state index contributed by atoms with van der Waals surface area (Å²) in [5, 5.41) is 14.8. The highest BCUT2D eigenvalue weighted by molar-refractivity contribution is 7.07. The molecule has 1 aromatic heterocycles. The average molecular weight is 293 g/mol. The number of thiophene rings is 1. The quantitative estimate of drug-likeness (QED) is 0.890. The third-order valence-electron chi connectivity index (χ3n) is 4.97. The number of aliphatic hydroxyl groups excluding tert-OH is 1. The molecule has 3 heteroatoms. The van der Waals surface area contributed by atoms with Crippen molar-refractivity contribution in [2.45, 2.75) is 64.6 Å². The van der Waals surface area contributed by atoms with Crippen LogP contribution in [-0.2, 0) is 6.54 Å². The first-order valence-corrected chi connectivity index (χ1v) is 8.91. The van der Waals surface area contributed by atoms with Crippen molar-refractivity contribution in [1.82, 2.24) is 4.90 Å². The number of hydrogen-bond acceptors (Lipinski definition) is 3. The van der Waals surface area contributed by atoms with Gasteiger partial charge in [0.05, 0.1) is 6.10 Å². The summed E-state index contributed by atoms with van der Waals surface area (Å²) in [7, 11) is 0. The molecule has 2 nitrogen and oxygen atoms in total. The van der Waals surface area contributed by atoms with E-state index in [-0.39, 0.29) is 6.10 Å². The van der Waals surface area contributed by atoms with Crippen molar-refractivity contribution in [3.63, 3.8) is 0 Å². The highest BCUT2D eigenvalue weighted by Crippen LogP contribution is 2.40. The first-order valence-electron chi connectivity index (χ1n) is 7.97. The highest BCUT2D eigenvalue weighted by Gasteiger charge is 2.37. The van der Waals surface area contributed by atoms with Crippen LogP contribution >= 0.6 is 11.3 Å². The van der Waals surface area contributed by atoms with Crippen LogP contribution < -0.4 is 0 Å². The molecule has 3 rings (SSSR count). The fourth-order valence-corrected chi connectivity index (χ4v) is 4.27. The van der Waals surface area contributed by atoms with Crippen LogP contribution in [0.3, 0.4) is 0 Å². The monoisotopic (exact) mass is 293 g/mol. The number of rotatable bonds is 5. The van der Waals surface area contributed by atoms with Crippen LogP contribution in [0.5, 0.6) is 0 Å². The van der Waals surface area contributed by atoms with Gasteiger partial charge in [-0.3, -0.25) is 4.90 Å². The minimum Gasteiger partial charge on any atom is -0.393 e. The van der Waals surface area contributed by atoms with E-state index >= 15 is 0 Å². The Kier molecular flexibility index (Phi) is 4.21. The van der Waals surface area contributed by atoms with E-state index < -0.39 is 0 Å². The number of nitrogens with zero attached hydrogens (tertiary/aromatic N) is 1. The Hall–Kier alpha value is -0.380. The van der Waals surface area contributed by atoms with Crippen molar-refractivity contribution >= 4 is 11.3 Å². The van der Waals surface area contributed by atoms with Gasteiger partial charge >= 0.3 is 0 Å². The molecule has 1 N–H and O–H groups in total. The Morgan fingerprint density at radius 1 is 1.35 bits per heavy atom. The van der Waals surface area contributed by atoms with Gasteiger partial charge in [-0.15, -0.1) is 0 Å². The largest absolute Gasteiger partial charge is 0.393 e. The van der Waals surface area contributed by atoms with Crippen molar-refractivity contribution in [2.75, 3.05) is 6.54 Å². The summed E-state index contributed by atoms with van der Waals surface area (Å²) in [4.78, 5) is 2.62. The number of aliphatic hydroxyl groups is 1. The lowest BCUT2D eigenvalue weighted by Crippen LogP contribution is -2.41. The maximum absolute atomic E-state index is 10.4. The molecule has 2 aliphatic rings. The summed E-state index contributed by atoms with van der Waals surface area (Å²) in [6.45, 7) is 6.85. The first kappa shape index (κ1) is 14.6. The maximum atomic E-state index is 10.4. The fourth-order valence-electron chi connectivity index (χ4n) is 3.61. The van der Waals surface area contributed by atoms with Crippen LogP contribution in [0.25, 0.3) is 0 Å². The van der Waals surface area contributed by atoms with Crippen LogP contribution in [-0.4, -0.2) is 28.7 Å². The Morgan fingerprint density at radius 2 is 2.15 bits per heavy atom. The Labute approximate surface area is 126 Å². The predicted molar refractivity (Wildman–Crippen MR) is 84.9 cm³/mol. The molecule has 2 unspecified atom stereocenters. The van der Waals surface area contributed by atoms with E-state index in [0.717, 1.165) is 25.6 Å². The van der Waals surface area contributed by atoms with E-state index in [4.69, 9.17) is 0 Å². The van der Waals surface area contributed by atoms with Crippen molar-refractivity contribution in [3.8, 4) is 0 Å². The zero-order valence-electron chi connectivity index (χ0n) is 12.7. The van der Waals surface area contributed by atoms with E-state index in [1.165, 1.54) is 31.2 Å². The van der Waals surface area contributed by atoms with Gasteiger partial charge in [0.2, 0.25) is 0 Å². The van der Waals surface area contributed by atoms with E-state index in [9.17, 15) is 5.11 Å².